The molecule has 0 atom stereocenters. The number of carbonyl (C=O) groups is 2. The molecule has 7 nitrogen and oxygen atoms in total. The van der Waals surface area contributed by atoms with Crippen LogP contribution in [0.1, 0.15) is 56.7 Å². The molecule has 2 rings (SSSR count). The van der Waals surface area contributed by atoms with Gasteiger partial charge in [-0.2, -0.15) is 0 Å². The van der Waals surface area contributed by atoms with Gasteiger partial charge >= 0.3 is 11.9 Å². The molecular formula is C13H15N3O4S. The van der Waals surface area contributed by atoms with Crippen molar-refractivity contribution >= 4 is 23.3 Å². The zero-order valence-electron chi connectivity index (χ0n) is 12.0. The number of aromatic carboxylic acids is 2. The molecule has 0 saturated heterocycles. The van der Waals surface area contributed by atoms with Gasteiger partial charge in [0.15, 0.2) is 5.69 Å². The van der Waals surface area contributed by atoms with Crippen molar-refractivity contribution in [3.8, 4) is 5.00 Å². The molecule has 0 fully saturated rings. The van der Waals surface area contributed by atoms with Crippen LogP contribution in [0.3, 0.4) is 0 Å². The Labute approximate surface area is 124 Å². The maximum atomic E-state index is 11.5. The summed E-state index contributed by atoms with van der Waals surface area (Å²) in [4.78, 5) is 23.6. The number of carboxylic acid groups (broad SMARTS) is 2. The second kappa shape index (κ2) is 5.28. The van der Waals surface area contributed by atoms with E-state index in [0.29, 0.717) is 16.3 Å². The van der Waals surface area contributed by atoms with Gasteiger partial charge in [-0.3, -0.25) is 0 Å². The minimum Gasteiger partial charge on any atom is -0.478 e. The number of thiophene rings is 1. The molecule has 2 aromatic rings. The van der Waals surface area contributed by atoms with Crippen molar-refractivity contribution in [2.45, 2.75) is 33.6 Å². The molecule has 0 aromatic carbocycles. The predicted molar refractivity (Wildman–Crippen MR) is 76.7 cm³/mol. The number of carboxylic acids is 2. The van der Waals surface area contributed by atoms with Crippen LogP contribution in [0.15, 0.2) is 0 Å². The third-order valence-corrected chi connectivity index (χ3v) is 4.41. The van der Waals surface area contributed by atoms with E-state index in [4.69, 9.17) is 0 Å². The molecule has 2 N–H and O–H groups in total. The Kier molecular flexibility index (Phi) is 3.82. The lowest BCUT2D eigenvalue weighted by Gasteiger charge is -2.09. The van der Waals surface area contributed by atoms with Gasteiger partial charge in [0.05, 0.1) is 11.3 Å². The highest BCUT2D eigenvalue weighted by Crippen LogP contribution is 2.33. The molecular weight excluding hydrogens is 294 g/mol. The zero-order chi connectivity index (χ0) is 15.9. The van der Waals surface area contributed by atoms with E-state index in [2.05, 4.69) is 10.3 Å². The Bertz CT molecular complexity index is 730. The van der Waals surface area contributed by atoms with E-state index >= 15 is 0 Å². The highest BCUT2D eigenvalue weighted by molar-refractivity contribution is 7.15. The van der Waals surface area contributed by atoms with E-state index in [-0.39, 0.29) is 17.2 Å². The fraction of sp³-hybridized carbons (Fsp3) is 0.385. The van der Waals surface area contributed by atoms with Crippen molar-refractivity contribution in [3.63, 3.8) is 0 Å². The number of nitrogens with zero attached hydrogens (tertiary/aromatic N) is 3. The van der Waals surface area contributed by atoms with Crippen LogP contribution in [0.5, 0.6) is 0 Å². The quantitative estimate of drug-likeness (QED) is 0.898. The highest BCUT2D eigenvalue weighted by atomic mass is 32.1. The molecule has 2 heterocycles. The summed E-state index contributed by atoms with van der Waals surface area (Å²) in [6.07, 6.45) is 0. The Morgan fingerprint density at radius 2 is 1.81 bits per heavy atom. The number of hydrogen-bond acceptors (Lipinski definition) is 5. The Hall–Kier alpha value is -2.22. The molecule has 0 aliphatic carbocycles. The van der Waals surface area contributed by atoms with Crippen LogP contribution >= 0.6 is 11.3 Å². The summed E-state index contributed by atoms with van der Waals surface area (Å²) in [6.45, 7) is 7.17. The van der Waals surface area contributed by atoms with E-state index < -0.39 is 11.9 Å². The zero-order valence-corrected chi connectivity index (χ0v) is 12.9. The molecule has 2 aromatic heterocycles. The second-order valence-electron chi connectivity index (χ2n) is 4.96. The molecule has 0 unspecified atom stereocenters. The molecule has 0 bridgehead atoms. The first-order valence-electron chi connectivity index (χ1n) is 6.28. The van der Waals surface area contributed by atoms with Crippen LogP contribution in [-0.4, -0.2) is 37.1 Å². The van der Waals surface area contributed by atoms with Crippen LogP contribution in [0.2, 0.25) is 0 Å². The van der Waals surface area contributed by atoms with Crippen LogP contribution in [0.25, 0.3) is 5.00 Å². The first-order chi connectivity index (χ1) is 9.75. The fourth-order valence-corrected chi connectivity index (χ4v) is 3.23. The molecule has 0 saturated carbocycles. The van der Waals surface area contributed by atoms with Crippen LogP contribution in [-0.2, 0) is 0 Å². The lowest BCUT2D eigenvalue weighted by Crippen LogP contribution is -2.10. The molecule has 21 heavy (non-hydrogen) atoms. The SMILES string of the molecule is Cc1sc(-n2nnc(C(=O)O)c2C(C)C)c(C(=O)O)c1C. The van der Waals surface area contributed by atoms with Gasteiger partial charge in [0.2, 0.25) is 0 Å². The van der Waals surface area contributed by atoms with E-state index in [0.717, 1.165) is 4.88 Å². The van der Waals surface area contributed by atoms with Crippen LogP contribution in [0.4, 0.5) is 0 Å². The average molecular weight is 309 g/mol. The van der Waals surface area contributed by atoms with E-state index in [1.165, 1.54) is 16.0 Å². The van der Waals surface area contributed by atoms with E-state index in [1.54, 1.807) is 6.92 Å². The van der Waals surface area contributed by atoms with Crippen molar-refractivity contribution in [1.82, 2.24) is 15.0 Å². The Morgan fingerprint density at radius 3 is 2.29 bits per heavy atom. The smallest absolute Gasteiger partial charge is 0.358 e. The highest BCUT2D eigenvalue weighted by Gasteiger charge is 2.27. The third kappa shape index (κ3) is 2.42. The van der Waals surface area contributed by atoms with Gasteiger partial charge in [0, 0.05) is 4.88 Å². The Morgan fingerprint density at radius 1 is 1.19 bits per heavy atom. The largest absolute Gasteiger partial charge is 0.478 e. The van der Waals surface area contributed by atoms with Gasteiger partial charge in [-0.15, -0.1) is 16.4 Å². The lowest BCUT2D eigenvalue weighted by atomic mass is 10.1. The summed E-state index contributed by atoms with van der Waals surface area (Å²) in [5.41, 5.74) is 1.04. The summed E-state index contributed by atoms with van der Waals surface area (Å²) in [6, 6.07) is 0. The van der Waals surface area contributed by atoms with Gasteiger partial charge in [-0.25, -0.2) is 14.3 Å². The maximum Gasteiger partial charge on any atom is 0.358 e. The van der Waals surface area contributed by atoms with Gasteiger partial charge in [0.1, 0.15) is 5.00 Å². The summed E-state index contributed by atoms with van der Waals surface area (Å²) in [5.74, 6) is -2.39. The monoisotopic (exact) mass is 309 g/mol. The average Bonchev–Trinajstić information content (AvgIpc) is 2.91. The standard InChI is InChI=1S/C13H15N3O4S/c1-5(2)10-9(13(19)20)14-15-16(10)11-8(12(17)18)6(3)7(4)21-11/h5H,1-4H3,(H,17,18)(H,19,20). The lowest BCUT2D eigenvalue weighted by molar-refractivity contribution is 0.0681. The van der Waals surface area contributed by atoms with Crippen molar-refractivity contribution in [2.75, 3.05) is 0 Å². The Balaban J connectivity index is 2.77. The predicted octanol–water partition coefficient (Wildman–Crippen LogP) is 2.47. The molecule has 0 radical (unpaired) electrons. The van der Waals surface area contributed by atoms with Gasteiger partial charge in [-0.1, -0.05) is 19.1 Å². The molecule has 112 valence electrons. The third-order valence-electron chi connectivity index (χ3n) is 3.23. The van der Waals surface area contributed by atoms with Gasteiger partial charge in [-0.05, 0) is 25.3 Å². The molecule has 8 heteroatoms. The van der Waals surface area contributed by atoms with Crippen molar-refractivity contribution in [2.24, 2.45) is 0 Å². The molecule has 0 aliphatic rings. The summed E-state index contributed by atoms with van der Waals surface area (Å²) in [5, 5.41) is 26.5. The van der Waals surface area contributed by atoms with E-state index in [1.807, 2.05) is 20.8 Å². The van der Waals surface area contributed by atoms with Crippen LogP contribution in [0, 0.1) is 13.8 Å². The molecule has 0 aliphatic heterocycles. The molecule has 0 amide bonds. The van der Waals surface area contributed by atoms with Crippen molar-refractivity contribution in [1.29, 1.82) is 0 Å². The second-order valence-corrected chi connectivity index (χ2v) is 6.17. The number of hydrogen-bond donors (Lipinski definition) is 2. The maximum absolute atomic E-state index is 11.5. The normalized spacial score (nSPS) is 11.1. The number of aryl methyl sites for hydroxylation is 1. The van der Waals surface area contributed by atoms with E-state index in [9.17, 15) is 19.8 Å². The summed E-state index contributed by atoms with van der Waals surface area (Å²) < 4.78 is 1.34. The van der Waals surface area contributed by atoms with Gasteiger partial charge in [0.25, 0.3) is 0 Å². The number of aromatic nitrogens is 3. The fourth-order valence-electron chi connectivity index (χ4n) is 2.12. The van der Waals surface area contributed by atoms with Gasteiger partial charge < -0.3 is 10.2 Å². The minimum absolute atomic E-state index is 0.140. The minimum atomic E-state index is -1.17. The van der Waals surface area contributed by atoms with Crippen molar-refractivity contribution < 1.29 is 19.8 Å². The first kappa shape index (κ1) is 15.2. The van der Waals surface area contributed by atoms with Crippen molar-refractivity contribution in [3.05, 3.63) is 27.4 Å². The first-order valence-corrected chi connectivity index (χ1v) is 7.09. The van der Waals surface area contributed by atoms with Crippen LogP contribution < -0.4 is 0 Å². The topological polar surface area (TPSA) is 105 Å². The summed E-state index contributed by atoms with van der Waals surface area (Å²) in [7, 11) is 0. The molecule has 0 spiro atoms. The number of rotatable bonds is 4. The summed E-state index contributed by atoms with van der Waals surface area (Å²) >= 11 is 1.27.